The first kappa shape index (κ1) is 25.9. The molecule has 0 aliphatic carbocycles. The summed E-state index contributed by atoms with van der Waals surface area (Å²) in [4.78, 5) is -1.59. The quantitative estimate of drug-likeness (QED) is 0.550. The molecular weight excluding hydrogens is 512 g/mol. The van der Waals surface area contributed by atoms with Crippen LogP contribution in [0.15, 0.2) is 45.0 Å². The van der Waals surface area contributed by atoms with Gasteiger partial charge in [-0.25, -0.2) is 34.7 Å². The molecule has 2 aromatic carbocycles. The molecule has 0 aromatic heterocycles. The van der Waals surface area contributed by atoms with E-state index in [0.717, 1.165) is 24.3 Å². The normalized spacial score (nSPS) is 20.2. The maximum atomic E-state index is 14.0. The van der Waals surface area contributed by atoms with Gasteiger partial charge in [-0.1, -0.05) is 19.9 Å². The topological polar surface area (TPSA) is 102 Å². The van der Waals surface area contributed by atoms with E-state index in [4.69, 9.17) is 4.74 Å². The van der Waals surface area contributed by atoms with Crippen molar-refractivity contribution < 1.29 is 39.1 Å². The molecule has 35 heavy (non-hydrogen) atoms. The number of ether oxygens (including phenoxy) is 1. The van der Waals surface area contributed by atoms with Crippen molar-refractivity contribution in [2.45, 2.75) is 65.6 Å². The molecule has 2 aromatic rings. The van der Waals surface area contributed by atoms with Gasteiger partial charge in [-0.2, -0.15) is 4.39 Å². The number of sulfonamides is 1. The van der Waals surface area contributed by atoms with Crippen LogP contribution in [0.3, 0.4) is 0 Å². The number of nitrogens with one attached hydrogen (secondary N) is 2. The molecule has 7 nitrogen and oxygen atoms in total. The monoisotopic (exact) mass is 536 g/mol. The second-order valence-corrected chi connectivity index (χ2v) is 12.6. The van der Waals surface area contributed by atoms with Crippen LogP contribution < -0.4 is 14.8 Å². The largest absolute Gasteiger partial charge is 0.453 e. The van der Waals surface area contributed by atoms with Crippen LogP contribution in [0, 0.1) is 5.82 Å². The molecule has 2 aliphatic heterocycles. The number of alkyl halides is 3. The predicted molar refractivity (Wildman–Crippen MR) is 118 cm³/mol. The highest BCUT2D eigenvalue weighted by molar-refractivity contribution is 7.92. The van der Waals surface area contributed by atoms with Crippen molar-refractivity contribution in [3.63, 3.8) is 0 Å². The highest BCUT2D eigenvalue weighted by Gasteiger charge is 2.43. The van der Waals surface area contributed by atoms with Crippen LogP contribution in [0.5, 0.6) is 5.75 Å². The molecule has 1 fully saturated rings. The fourth-order valence-corrected chi connectivity index (χ4v) is 7.96. The number of hydrogen-bond acceptors (Lipinski definition) is 6. The maximum Gasteiger partial charge on any atom is 0.304 e. The molecule has 2 heterocycles. The predicted octanol–water partition coefficient (Wildman–Crippen LogP) is 3.27. The second kappa shape index (κ2) is 9.02. The Hall–Kier alpha value is -2.22. The van der Waals surface area contributed by atoms with Crippen molar-refractivity contribution >= 4 is 19.9 Å². The number of hydrogen-bond donors (Lipinski definition) is 2. The minimum Gasteiger partial charge on any atom is -0.453 e. The molecule has 2 N–H and O–H groups in total. The van der Waals surface area contributed by atoms with Gasteiger partial charge in [-0.15, -0.1) is 0 Å². The van der Waals surface area contributed by atoms with Crippen molar-refractivity contribution in [2.24, 2.45) is 0 Å². The summed E-state index contributed by atoms with van der Waals surface area (Å²) < 4.78 is 114. The van der Waals surface area contributed by atoms with Gasteiger partial charge in [0, 0.05) is 11.5 Å². The lowest BCUT2D eigenvalue weighted by Gasteiger charge is -2.35. The van der Waals surface area contributed by atoms with E-state index in [9.17, 15) is 34.4 Å². The molecule has 13 heteroatoms. The molecule has 0 bridgehead atoms. The van der Waals surface area contributed by atoms with Crippen LogP contribution in [0.2, 0.25) is 0 Å². The minimum atomic E-state index is -4.52. The standard InChI is InChI=1S/C22H24F4N2O5S2/c1-22(2)14-4-3-12(23)9-17(14)34(29,30)18-11-19(16(10-15(18)22)33-21(26)20(24)25)35(31,32)28-13-5-7-27-8-6-13/h3-4,9-11,13,20-21,27-28H,5-8H2,1-2H3. The number of sulfone groups is 1. The summed E-state index contributed by atoms with van der Waals surface area (Å²) in [5.74, 6) is -1.55. The first-order valence-corrected chi connectivity index (χ1v) is 13.8. The SMILES string of the molecule is CC1(C)c2ccc(F)cc2S(=O)(=O)c2cc(S(=O)(=O)NC3CCNCC3)c(OC(F)C(F)F)cc21. The minimum absolute atomic E-state index is 0.00823. The Bertz CT molecular complexity index is 1360. The van der Waals surface area contributed by atoms with Gasteiger partial charge in [-0.3, -0.25) is 0 Å². The van der Waals surface area contributed by atoms with Crippen molar-refractivity contribution in [1.29, 1.82) is 0 Å². The molecule has 4 rings (SSSR count). The third-order valence-corrected chi connectivity index (χ3v) is 9.68. The van der Waals surface area contributed by atoms with Gasteiger partial charge < -0.3 is 10.1 Å². The third kappa shape index (κ3) is 4.66. The Kier molecular flexibility index (Phi) is 6.66. The highest BCUT2D eigenvalue weighted by atomic mass is 32.2. The number of halogens is 4. The zero-order valence-electron chi connectivity index (χ0n) is 18.8. The molecule has 0 spiro atoms. The third-order valence-electron chi connectivity index (χ3n) is 6.30. The Morgan fingerprint density at radius 1 is 1.06 bits per heavy atom. The van der Waals surface area contributed by atoms with Gasteiger partial charge in [0.15, 0.2) is 0 Å². The highest BCUT2D eigenvalue weighted by Crippen LogP contribution is 2.48. The van der Waals surface area contributed by atoms with Crippen LogP contribution in [-0.2, 0) is 25.3 Å². The summed E-state index contributed by atoms with van der Waals surface area (Å²) in [6, 6.07) is 4.43. The fourth-order valence-electron chi connectivity index (χ4n) is 4.45. The first-order chi connectivity index (χ1) is 16.2. The van der Waals surface area contributed by atoms with E-state index in [-0.39, 0.29) is 16.0 Å². The van der Waals surface area contributed by atoms with Crippen LogP contribution in [0.25, 0.3) is 0 Å². The zero-order valence-corrected chi connectivity index (χ0v) is 20.4. The van der Waals surface area contributed by atoms with Crippen LogP contribution in [0.1, 0.15) is 37.8 Å². The lowest BCUT2D eigenvalue weighted by Crippen LogP contribution is -2.43. The van der Waals surface area contributed by atoms with Crippen LogP contribution in [0.4, 0.5) is 17.6 Å². The number of piperidine rings is 1. The molecule has 192 valence electrons. The van der Waals surface area contributed by atoms with Gasteiger partial charge in [0.05, 0.1) is 9.79 Å². The van der Waals surface area contributed by atoms with Crippen molar-refractivity contribution in [1.82, 2.24) is 10.0 Å². The first-order valence-electron chi connectivity index (χ1n) is 10.8. The summed E-state index contributed by atoms with van der Waals surface area (Å²) >= 11 is 0. The van der Waals surface area contributed by atoms with Crippen molar-refractivity contribution in [3.8, 4) is 5.75 Å². The van der Waals surface area contributed by atoms with Gasteiger partial charge in [0.25, 0.3) is 6.36 Å². The van der Waals surface area contributed by atoms with Gasteiger partial charge in [-0.05, 0) is 61.3 Å². The Morgan fingerprint density at radius 2 is 1.69 bits per heavy atom. The molecule has 0 saturated carbocycles. The lowest BCUT2D eigenvalue weighted by atomic mass is 9.77. The molecule has 1 atom stereocenters. The Labute approximate surface area is 200 Å². The average molecular weight is 537 g/mol. The maximum absolute atomic E-state index is 14.0. The zero-order chi connectivity index (χ0) is 25.8. The molecule has 2 aliphatic rings. The van der Waals surface area contributed by atoms with Gasteiger partial charge in [0.2, 0.25) is 19.9 Å². The molecule has 1 saturated heterocycles. The van der Waals surface area contributed by atoms with Crippen LogP contribution in [-0.4, -0.2) is 48.8 Å². The summed E-state index contributed by atoms with van der Waals surface area (Å²) in [6.45, 7) is 4.26. The smallest absolute Gasteiger partial charge is 0.304 e. The summed E-state index contributed by atoms with van der Waals surface area (Å²) in [5.41, 5.74) is -0.913. The average Bonchev–Trinajstić information content (AvgIpc) is 2.78. The summed E-state index contributed by atoms with van der Waals surface area (Å²) in [7, 11) is -8.93. The Morgan fingerprint density at radius 3 is 2.31 bits per heavy atom. The van der Waals surface area contributed by atoms with Crippen molar-refractivity contribution in [2.75, 3.05) is 13.1 Å². The summed E-state index contributed by atoms with van der Waals surface area (Å²) in [6.07, 6.45) is -5.85. The van der Waals surface area contributed by atoms with E-state index >= 15 is 0 Å². The fraction of sp³-hybridized carbons (Fsp3) is 0.455. The molecule has 1 unspecified atom stereocenters. The number of fused-ring (bicyclic) bond motifs is 2. The lowest BCUT2D eigenvalue weighted by molar-refractivity contribution is -0.0683. The van der Waals surface area contributed by atoms with E-state index in [1.165, 1.54) is 6.07 Å². The van der Waals surface area contributed by atoms with Crippen molar-refractivity contribution in [3.05, 3.63) is 47.3 Å². The molecular formula is C22H24F4N2O5S2. The number of rotatable bonds is 6. The van der Waals surface area contributed by atoms with E-state index in [1.807, 2.05) is 0 Å². The second-order valence-electron chi connectivity index (χ2n) is 9.01. The van der Waals surface area contributed by atoms with Gasteiger partial charge >= 0.3 is 6.43 Å². The number of benzene rings is 2. The summed E-state index contributed by atoms with van der Waals surface area (Å²) in [5, 5.41) is 3.06. The Balaban J connectivity index is 1.93. The van der Waals surface area contributed by atoms with E-state index in [0.29, 0.717) is 25.9 Å². The van der Waals surface area contributed by atoms with E-state index < -0.39 is 65.5 Å². The molecule has 0 radical (unpaired) electrons. The van der Waals surface area contributed by atoms with E-state index in [1.54, 1.807) is 13.8 Å². The van der Waals surface area contributed by atoms with Gasteiger partial charge in [0.1, 0.15) is 16.5 Å². The van der Waals surface area contributed by atoms with Crippen LogP contribution >= 0.6 is 0 Å². The molecule has 0 amide bonds. The van der Waals surface area contributed by atoms with E-state index in [2.05, 4.69) is 10.0 Å².